The van der Waals surface area contributed by atoms with Gasteiger partial charge in [0.2, 0.25) is 0 Å². The van der Waals surface area contributed by atoms with Crippen LogP contribution in [0.15, 0.2) is 42.5 Å². The van der Waals surface area contributed by atoms with E-state index < -0.39 is 0 Å². The van der Waals surface area contributed by atoms with E-state index in [2.05, 4.69) is 12.1 Å². The molecule has 0 saturated heterocycles. The third-order valence-corrected chi connectivity index (χ3v) is 4.42. The second-order valence-electron chi connectivity index (χ2n) is 6.48. The van der Waals surface area contributed by atoms with Crippen LogP contribution in [0, 0.1) is 0 Å². The lowest BCUT2D eigenvalue weighted by molar-refractivity contribution is -0.137. The summed E-state index contributed by atoms with van der Waals surface area (Å²) in [6, 6.07) is 11.9. The molecule has 0 N–H and O–H groups in total. The minimum Gasteiger partial charge on any atom is -0.486 e. The molecular weight excluding hydrogens is 372 g/mol. The van der Waals surface area contributed by atoms with Crippen molar-refractivity contribution >= 4 is 12.0 Å². The molecule has 1 aliphatic heterocycles. The predicted octanol–water partition coefficient (Wildman–Crippen LogP) is 3.80. The zero-order valence-electron chi connectivity index (χ0n) is 16.8. The first kappa shape index (κ1) is 20.7. The molecule has 1 aliphatic rings. The van der Waals surface area contributed by atoms with Gasteiger partial charge < -0.3 is 23.7 Å². The highest BCUT2D eigenvalue weighted by Crippen LogP contribution is 2.37. The van der Waals surface area contributed by atoms with E-state index in [9.17, 15) is 4.79 Å². The summed E-state index contributed by atoms with van der Waals surface area (Å²) in [6.07, 6.45) is 4.81. The van der Waals surface area contributed by atoms with Gasteiger partial charge in [0.05, 0.1) is 6.61 Å². The van der Waals surface area contributed by atoms with Gasteiger partial charge in [-0.1, -0.05) is 24.3 Å². The number of carbonyl (C=O) groups is 1. The fourth-order valence-electron chi connectivity index (χ4n) is 2.99. The monoisotopic (exact) mass is 398 g/mol. The molecule has 0 atom stereocenters. The Morgan fingerprint density at radius 1 is 1.07 bits per heavy atom. The van der Waals surface area contributed by atoms with Crippen molar-refractivity contribution < 1.29 is 28.5 Å². The van der Waals surface area contributed by atoms with Gasteiger partial charge >= 0.3 is 5.97 Å². The zero-order chi connectivity index (χ0) is 20.5. The summed E-state index contributed by atoms with van der Waals surface area (Å²) in [5, 5.41) is 0. The standard InChI is InChI=1S/C23H26O6/c1-3-26-23(24)11-9-18-6-4-17(5-7-18)8-10-19-14-21-22(28-13-12-27-21)15-20(19)29-16-25-2/h4-7,9,11,14-15H,3,8,10,12-13,16H2,1-2H3/b11-9+. The van der Waals surface area contributed by atoms with Gasteiger partial charge in [0.1, 0.15) is 19.0 Å². The molecule has 29 heavy (non-hydrogen) atoms. The first-order chi connectivity index (χ1) is 14.2. The minimum atomic E-state index is -0.334. The summed E-state index contributed by atoms with van der Waals surface area (Å²) in [6.45, 7) is 3.42. The maximum atomic E-state index is 11.4. The molecule has 0 radical (unpaired) electrons. The van der Waals surface area contributed by atoms with Crippen molar-refractivity contribution in [1.82, 2.24) is 0 Å². The van der Waals surface area contributed by atoms with Crippen LogP contribution in [0.2, 0.25) is 0 Å². The van der Waals surface area contributed by atoms with Gasteiger partial charge in [-0.2, -0.15) is 0 Å². The largest absolute Gasteiger partial charge is 0.486 e. The Bertz CT molecular complexity index is 841. The van der Waals surface area contributed by atoms with E-state index in [-0.39, 0.29) is 12.8 Å². The van der Waals surface area contributed by atoms with E-state index >= 15 is 0 Å². The molecule has 154 valence electrons. The van der Waals surface area contributed by atoms with Crippen molar-refractivity contribution in [2.45, 2.75) is 19.8 Å². The first-order valence-corrected chi connectivity index (χ1v) is 9.67. The summed E-state index contributed by atoms with van der Waals surface area (Å²) in [7, 11) is 1.59. The van der Waals surface area contributed by atoms with Gasteiger partial charge in [-0.3, -0.25) is 0 Å². The lowest BCUT2D eigenvalue weighted by atomic mass is 10.0. The molecule has 0 spiro atoms. The Morgan fingerprint density at radius 3 is 2.48 bits per heavy atom. The van der Waals surface area contributed by atoms with Crippen LogP contribution in [0.1, 0.15) is 23.6 Å². The number of ether oxygens (including phenoxy) is 5. The van der Waals surface area contributed by atoms with Crippen LogP contribution in [0.25, 0.3) is 6.08 Å². The third kappa shape index (κ3) is 5.99. The SMILES string of the molecule is CCOC(=O)/C=C/c1ccc(CCc2cc3c(cc2OCOC)OCCO3)cc1. The number of aryl methyl sites for hydroxylation is 2. The highest BCUT2D eigenvalue weighted by Gasteiger charge is 2.17. The molecule has 0 fully saturated rings. The minimum absolute atomic E-state index is 0.175. The average molecular weight is 398 g/mol. The number of methoxy groups -OCH3 is 1. The van der Waals surface area contributed by atoms with Crippen molar-refractivity contribution in [2.75, 3.05) is 33.7 Å². The van der Waals surface area contributed by atoms with Crippen LogP contribution in [-0.4, -0.2) is 39.7 Å². The normalized spacial score (nSPS) is 12.8. The van der Waals surface area contributed by atoms with Crippen molar-refractivity contribution in [1.29, 1.82) is 0 Å². The number of carbonyl (C=O) groups excluding carboxylic acids is 1. The lowest BCUT2D eigenvalue weighted by Gasteiger charge is -2.21. The van der Waals surface area contributed by atoms with Crippen molar-refractivity contribution in [2.24, 2.45) is 0 Å². The van der Waals surface area contributed by atoms with Crippen LogP contribution < -0.4 is 14.2 Å². The summed E-state index contributed by atoms with van der Waals surface area (Å²) in [4.78, 5) is 11.4. The van der Waals surface area contributed by atoms with E-state index in [1.165, 1.54) is 11.6 Å². The first-order valence-electron chi connectivity index (χ1n) is 9.67. The van der Waals surface area contributed by atoms with Crippen molar-refractivity contribution in [3.05, 3.63) is 59.2 Å². The molecule has 0 bridgehead atoms. The maximum Gasteiger partial charge on any atom is 0.330 e. The van der Waals surface area contributed by atoms with E-state index in [1.807, 2.05) is 24.3 Å². The number of esters is 1. The maximum absolute atomic E-state index is 11.4. The Morgan fingerprint density at radius 2 is 1.79 bits per heavy atom. The van der Waals surface area contributed by atoms with Gasteiger partial charge in [-0.25, -0.2) is 4.79 Å². The third-order valence-electron chi connectivity index (χ3n) is 4.42. The number of hydrogen-bond acceptors (Lipinski definition) is 6. The number of hydrogen-bond donors (Lipinski definition) is 0. The molecule has 0 unspecified atom stereocenters. The molecule has 0 aromatic heterocycles. The van der Waals surface area contributed by atoms with Crippen molar-refractivity contribution in [3.63, 3.8) is 0 Å². The lowest BCUT2D eigenvalue weighted by Crippen LogP contribution is -2.16. The zero-order valence-corrected chi connectivity index (χ0v) is 16.8. The Kier molecular flexibility index (Phi) is 7.53. The van der Waals surface area contributed by atoms with Gasteiger partial charge in [0, 0.05) is 19.3 Å². The number of benzene rings is 2. The van der Waals surface area contributed by atoms with Crippen LogP contribution in [0.3, 0.4) is 0 Å². The van der Waals surface area contributed by atoms with Gasteiger partial charge in [-0.15, -0.1) is 0 Å². The van der Waals surface area contributed by atoms with Crippen LogP contribution in [0.4, 0.5) is 0 Å². The van der Waals surface area contributed by atoms with Gasteiger partial charge in [0.15, 0.2) is 18.3 Å². The molecule has 2 aromatic carbocycles. The van der Waals surface area contributed by atoms with Crippen LogP contribution in [-0.2, 0) is 27.1 Å². The summed E-state index contributed by atoms with van der Waals surface area (Å²) >= 11 is 0. The molecule has 0 saturated carbocycles. The van der Waals surface area contributed by atoms with Crippen molar-refractivity contribution in [3.8, 4) is 17.2 Å². The second kappa shape index (κ2) is 10.5. The van der Waals surface area contributed by atoms with Crippen LogP contribution in [0.5, 0.6) is 17.2 Å². The Labute approximate surface area is 171 Å². The molecule has 0 amide bonds. The summed E-state index contributed by atoms with van der Waals surface area (Å²) in [5.74, 6) is 1.85. The van der Waals surface area contributed by atoms with E-state index in [4.69, 9.17) is 23.7 Å². The highest BCUT2D eigenvalue weighted by atomic mass is 16.7. The van der Waals surface area contributed by atoms with Gasteiger partial charge in [0.25, 0.3) is 0 Å². The van der Waals surface area contributed by atoms with E-state index in [0.717, 1.165) is 35.5 Å². The fraction of sp³-hybridized carbons (Fsp3) is 0.348. The highest BCUT2D eigenvalue weighted by molar-refractivity contribution is 5.87. The summed E-state index contributed by atoms with van der Waals surface area (Å²) < 4.78 is 27.0. The van der Waals surface area contributed by atoms with Crippen LogP contribution >= 0.6 is 0 Å². The molecular formula is C23H26O6. The van der Waals surface area contributed by atoms with E-state index in [1.54, 1.807) is 20.1 Å². The summed E-state index contributed by atoms with van der Waals surface area (Å²) in [5.41, 5.74) is 3.17. The quantitative estimate of drug-likeness (QED) is 0.364. The Balaban J connectivity index is 1.66. The average Bonchev–Trinajstić information content (AvgIpc) is 2.75. The van der Waals surface area contributed by atoms with E-state index in [0.29, 0.717) is 25.6 Å². The number of fused-ring (bicyclic) bond motifs is 1. The molecule has 0 aliphatic carbocycles. The molecule has 3 rings (SSSR count). The smallest absolute Gasteiger partial charge is 0.330 e. The second-order valence-corrected chi connectivity index (χ2v) is 6.48. The predicted molar refractivity (Wildman–Crippen MR) is 109 cm³/mol. The Hall–Kier alpha value is -2.99. The fourth-order valence-corrected chi connectivity index (χ4v) is 2.99. The molecule has 2 aromatic rings. The number of rotatable bonds is 9. The molecule has 6 nitrogen and oxygen atoms in total. The molecule has 1 heterocycles. The molecule has 6 heteroatoms. The topological polar surface area (TPSA) is 63.2 Å². The van der Waals surface area contributed by atoms with Gasteiger partial charge in [-0.05, 0) is 48.6 Å².